The molecule has 0 aliphatic carbocycles. The van der Waals surface area contributed by atoms with Gasteiger partial charge in [-0.05, 0) is 32.1 Å². The number of carbonyl (C=O) groups is 1. The highest BCUT2D eigenvalue weighted by atomic mass is 16.5. The highest BCUT2D eigenvalue weighted by Crippen LogP contribution is 2.06. The van der Waals surface area contributed by atoms with E-state index in [-0.39, 0.29) is 19.2 Å². The molecule has 17 heavy (non-hydrogen) atoms. The number of aliphatic hydroxyl groups is 2. The quantitative estimate of drug-likeness (QED) is 0.408. The average molecular weight is 246 g/mol. The van der Waals surface area contributed by atoms with Gasteiger partial charge in [0, 0.05) is 19.6 Å². The lowest BCUT2D eigenvalue weighted by atomic mass is 10.1. The third-order valence-corrected chi connectivity index (χ3v) is 2.60. The maximum atomic E-state index is 11.3. The second kappa shape index (κ2) is 13.5. The van der Waals surface area contributed by atoms with Crippen molar-refractivity contribution in [2.24, 2.45) is 0 Å². The average Bonchev–Trinajstić information content (AvgIpc) is 2.33. The number of unbranched alkanes of at least 4 members (excludes halogenated alkanes) is 6. The maximum absolute atomic E-state index is 11.3. The predicted octanol–water partition coefficient (Wildman–Crippen LogP) is 2.03. The molecule has 0 aromatic rings. The van der Waals surface area contributed by atoms with Crippen LogP contribution in [-0.2, 0) is 9.53 Å². The molecule has 0 saturated heterocycles. The molecule has 0 aliphatic rings. The first kappa shape index (κ1) is 16.4. The first-order valence-electron chi connectivity index (χ1n) is 6.68. The Morgan fingerprint density at radius 1 is 0.765 bits per heavy atom. The summed E-state index contributed by atoms with van der Waals surface area (Å²) >= 11 is 0. The minimum Gasteiger partial charge on any atom is -0.466 e. The van der Waals surface area contributed by atoms with E-state index in [1.54, 1.807) is 0 Å². The molecule has 0 amide bonds. The first-order valence-corrected chi connectivity index (χ1v) is 6.68. The van der Waals surface area contributed by atoms with Gasteiger partial charge in [0.2, 0.25) is 0 Å². The summed E-state index contributed by atoms with van der Waals surface area (Å²) < 4.78 is 5.06. The smallest absolute Gasteiger partial charge is 0.305 e. The Balaban J connectivity index is 3.12. The molecule has 0 aromatic carbocycles. The highest BCUT2D eigenvalue weighted by Gasteiger charge is 2.02. The van der Waals surface area contributed by atoms with Crippen LogP contribution in [0.2, 0.25) is 0 Å². The molecule has 0 atom stereocenters. The number of ether oxygens (including phenoxy) is 1. The van der Waals surface area contributed by atoms with Gasteiger partial charge in [0.05, 0.1) is 6.61 Å². The van der Waals surface area contributed by atoms with E-state index in [9.17, 15) is 4.79 Å². The predicted molar refractivity (Wildman–Crippen MR) is 66.7 cm³/mol. The SMILES string of the molecule is O=C(CCCCCCCO)OCCCCCO. The molecule has 0 aromatic heterocycles. The van der Waals surface area contributed by atoms with Gasteiger partial charge in [-0.25, -0.2) is 0 Å². The van der Waals surface area contributed by atoms with Crippen LogP contribution >= 0.6 is 0 Å². The van der Waals surface area contributed by atoms with Crippen LogP contribution in [0, 0.1) is 0 Å². The van der Waals surface area contributed by atoms with Crippen LogP contribution < -0.4 is 0 Å². The molecule has 2 N–H and O–H groups in total. The summed E-state index contributed by atoms with van der Waals surface area (Å²) in [4.78, 5) is 11.3. The molecule has 0 heterocycles. The number of rotatable bonds is 12. The lowest BCUT2D eigenvalue weighted by Crippen LogP contribution is -2.05. The van der Waals surface area contributed by atoms with Crippen molar-refractivity contribution >= 4 is 5.97 Å². The number of esters is 1. The van der Waals surface area contributed by atoms with Gasteiger partial charge in [-0.1, -0.05) is 19.3 Å². The Morgan fingerprint density at radius 3 is 1.94 bits per heavy atom. The van der Waals surface area contributed by atoms with Crippen LogP contribution in [0.15, 0.2) is 0 Å². The molecule has 0 spiro atoms. The van der Waals surface area contributed by atoms with Crippen molar-refractivity contribution in [2.45, 2.75) is 57.8 Å². The second-order valence-electron chi connectivity index (χ2n) is 4.25. The molecule has 0 aliphatic heterocycles. The van der Waals surface area contributed by atoms with Crippen molar-refractivity contribution in [3.63, 3.8) is 0 Å². The third-order valence-electron chi connectivity index (χ3n) is 2.60. The van der Waals surface area contributed by atoms with Crippen LogP contribution in [-0.4, -0.2) is 36.0 Å². The van der Waals surface area contributed by atoms with Crippen LogP contribution in [0.3, 0.4) is 0 Å². The van der Waals surface area contributed by atoms with Crippen molar-refractivity contribution in [1.82, 2.24) is 0 Å². The lowest BCUT2D eigenvalue weighted by Gasteiger charge is -2.04. The van der Waals surface area contributed by atoms with Crippen LogP contribution in [0.1, 0.15) is 57.8 Å². The van der Waals surface area contributed by atoms with Crippen molar-refractivity contribution < 1.29 is 19.7 Å². The molecule has 0 unspecified atom stereocenters. The van der Waals surface area contributed by atoms with E-state index < -0.39 is 0 Å². The normalized spacial score (nSPS) is 10.5. The molecular formula is C13H26O4. The van der Waals surface area contributed by atoms with Gasteiger partial charge in [0.15, 0.2) is 0 Å². The zero-order valence-corrected chi connectivity index (χ0v) is 10.7. The van der Waals surface area contributed by atoms with Crippen LogP contribution in [0.25, 0.3) is 0 Å². The maximum Gasteiger partial charge on any atom is 0.305 e. The molecule has 4 heteroatoms. The summed E-state index contributed by atoms with van der Waals surface area (Å²) in [6.45, 7) is 0.945. The summed E-state index contributed by atoms with van der Waals surface area (Å²) in [5, 5.41) is 17.1. The first-order chi connectivity index (χ1) is 8.31. The topological polar surface area (TPSA) is 66.8 Å². The molecule has 0 fully saturated rings. The number of aliphatic hydroxyl groups excluding tert-OH is 2. The minimum atomic E-state index is -0.115. The van der Waals surface area contributed by atoms with E-state index in [0.29, 0.717) is 13.0 Å². The molecule has 4 nitrogen and oxygen atoms in total. The van der Waals surface area contributed by atoms with Gasteiger partial charge in [-0.3, -0.25) is 4.79 Å². The van der Waals surface area contributed by atoms with E-state index in [1.807, 2.05) is 0 Å². The fourth-order valence-electron chi connectivity index (χ4n) is 1.56. The van der Waals surface area contributed by atoms with Gasteiger partial charge in [0.1, 0.15) is 0 Å². The van der Waals surface area contributed by atoms with Gasteiger partial charge < -0.3 is 14.9 Å². The zero-order valence-electron chi connectivity index (χ0n) is 10.7. The minimum absolute atomic E-state index is 0.115. The van der Waals surface area contributed by atoms with Gasteiger partial charge in [-0.2, -0.15) is 0 Å². The Morgan fingerprint density at radius 2 is 1.29 bits per heavy atom. The van der Waals surface area contributed by atoms with Gasteiger partial charge in [-0.15, -0.1) is 0 Å². The summed E-state index contributed by atoms with van der Waals surface area (Å²) in [6, 6.07) is 0. The lowest BCUT2D eigenvalue weighted by molar-refractivity contribution is -0.143. The van der Waals surface area contributed by atoms with Gasteiger partial charge in [0.25, 0.3) is 0 Å². The number of hydrogen-bond donors (Lipinski definition) is 2. The van der Waals surface area contributed by atoms with E-state index >= 15 is 0 Å². The van der Waals surface area contributed by atoms with E-state index in [1.165, 1.54) is 0 Å². The zero-order chi connectivity index (χ0) is 12.8. The molecule has 102 valence electrons. The molecule has 0 saturated carbocycles. The second-order valence-corrected chi connectivity index (χ2v) is 4.25. The largest absolute Gasteiger partial charge is 0.466 e. The fourth-order valence-corrected chi connectivity index (χ4v) is 1.56. The summed E-state index contributed by atoms with van der Waals surface area (Å²) in [6.07, 6.45) is 7.89. The number of hydrogen-bond acceptors (Lipinski definition) is 4. The fraction of sp³-hybridized carbons (Fsp3) is 0.923. The highest BCUT2D eigenvalue weighted by molar-refractivity contribution is 5.69. The Hall–Kier alpha value is -0.610. The van der Waals surface area contributed by atoms with Crippen molar-refractivity contribution in [3.8, 4) is 0 Å². The molecule has 0 bridgehead atoms. The van der Waals surface area contributed by atoms with Crippen molar-refractivity contribution in [3.05, 3.63) is 0 Å². The molecule has 0 rings (SSSR count). The van der Waals surface area contributed by atoms with E-state index in [2.05, 4.69) is 0 Å². The van der Waals surface area contributed by atoms with Crippen LogP contribution in [0.5, 0.6) is 0 Å². The molecular weight excluding hydrogens is 220 g/mol. The Bertz CT molecular complexity index is 171. The van der Waals surface area contributed by atoms with E-state index in [0.717, 1.165) is 51.4 Å². The third kappa shape index (κ3) is 13.3. The van der Waals surface area contributed by atoms with Crippen molar-refractivity contribution in [2.75, 3.05) is 19.8 Å². The Labute approximate surface area is 104 Å². The molecule has 0 radical (unpaired) electrons. The standard InChI is InChI=1S/C13H26O4/c14-10-6-3-1-2-5-9-13(16)17-12-8-4-7-11-15/h14-15H,1-12H2. The summed E-state index contributed by atoms with van der Waals surface area (Å²) in [5.74, 6) is -0.115. The Kier molecular flexibility index (Phi) is 13.0. The van der Waals surface area contributed by atoms with Gasteiger partial charge >= 0.3 is 5.97 Å². The van der Waals surface area contributed by atoms with E-state index in [4.69, 9.17) is 14.9 Å². The summed E-state index contributed by atoms with van der Waals surface area (Å²) in [5.41, 5.74) is 0. The number of carbonyl (C=O) groups excluding carboxylic acids is 1. The van der Waals surface area contributed by atoms with Crippen molar-refractivity contribution in [1.29, 1.82) is 0 Å². The summed E-state index contributed by atoms with van der Waals surface area (Å²) in [7, 11) is 0. The monoisotopic (exact) mass is 246 g/mol. The van der Waals surface area contributed by atoms with Crippen LogP contribution in [0.4, 0.5) is 0 Å².